The van der Waals surface area contributed by atoms with E-state index in [4.69, 9.17) is 0 Å². The molecule has 0 bridgehead atoms. The molecule has 2 aliphatic heterocycles. The SMILES string of the molecule is CC1(C)C(=O)N(CCCCCCN2C(=O)N(CCCN=C=O)C(C)(C)C2=O)C(=O)N1CCCN=C=O. The highest BCUT2D eigenvalue weighted by Gasteiger charge is 2.51. The van der Waals surface area contributed by atoms with Crippen molar-refractivity contribution in [2.75, 3.05) is 39.3 Å². The Bertz CT molecular complexity index is 875. The van der Waals surface area contributed by atoms with E-state index in [0.29, 0.717) is 51.9 Å². The van der Waals surface area contributed by atoms with Gasteiger partial charge in [-0.1, -0.05) is 12.8 Å². The fourth-order valence-electron chi connectivity index (χ4n) is 4.58. The van der Waals surface area contributed by atoms with Gasteiger partial charge in [0, 0.05) is 26.2 Å². The first-order valence-electron chi connectivity index (χ1n) is 12.4. The van der Waals surface area contributed by atoms with E-state index >= 15 is 0 Å². The number of hydrogen-bond donors (Lipinski definition) is 0. The van der Waals surface area contributed by atoms with Crippen molar-refractivity contribution >= 4 is 36.0 Å². The Morgan fingerprint density at radius 2 is 0.944 bits per heavy atom. The van der Waals surface area contributed by atoms with E-state index in [1.165, 1.54) is 31.8 Å². The van der Waals surface area contributed by atoms with Crippen LogP contribution >= 0.6 is 0 Å². The number of hydrogen-bond acceptors (Lipinski definition) is 8. The Labute approximate surface area is 211 Å². The molecule has 0 aliphatic carbocycles. The summed E-state index contributed by atoms with van der Waals surface area (Å²) in [6.07, 6.45) is 6.58. The summed E-state index contributed by atoms with van der Waals surface area (Å²) < 4.78 is 0. The van der Waals surface area contributed by atoms with Crippen molar-refractivity contribution in [3.8, 4) is 0 Å². The van der Waals surface area contributed by atoms with Gasteiger partial charge in [-0.15, -0.1) is 0 Å². The minimum atomic E-state index is -0.948. The Hall–Kier alpha value is -3.36. The van der Waals surface area contributed by atoms with Crippen LogP contribution in [0, 0.1) is 0 Å². The van der Waals surface area contributed by atoms with Crippen LogP contribution in [0.4, 0.5) is 9.59 Å². The summed E-state index contributed by atoms with van der Waals surface area (Å²) in [5.41, 5.74) is -1.90. The number of unbranched alkanes of at least 4 members (excludes halogenated alkanes) is 3. The maximum absolute atomic E-state index is 12.8. The van der Waals surface area contributed by atoms with Crippen LogP contribution in [0.15, 0.2) is 9.98 Å². The highest BCUT2D eigenvalue weighted by atomic mass is 16.2. The van der Waals surface area contributed by atoms with Gasteiger partial charge >= 0.3 is 12.1 Å². The predicted octanol–water partition coefficient (Wildman–Crippen LogP) is 2.08. The maximum Gasteiger partial charge on any atom is 0.327 e. The Kier molecular flexibility index (Phi) is 10.1. The van der Waals surface area contributed by atoms with Gasteiger partial charge in [-0.05, 0) is 53.4 Å². The lowest BCUT2D eigenvalue weighted by Gasteiger charge is -2.27. The second-order valence-electron chi connectivity index (χ2n) is 9.97. The fourth-order valence-corrected chi connectivity index (χ4v) is 4.58. The molecule has 36 heavy (non-hydrogen) atoms. The molecule has 0 aromatic carbocycles. The largest absolute Gasteiger partial charge is 0.327 e. The number of urea groups is 2. The molecule has 0 N–H and O–H groups in total. The molecule has 2 aliphatic rings. The summed E-state index contributed by atoms with van der Waals surface area (Å²) in [4.78, 5) is 84.1. The van der Waals surface area contributed by atoms with Crippen molar-refractivity contribution in [1.29, 1.82) is 0 Å². The van der Waals surface area contributed by atoms with E-state index in [-0.39, 0.29) is 37.0 Å². The molecule has 198 valence electrons. The molecule has 0 unspecified atom stereocenters. The van der Waals surface area contributed by atoms with E-state index in [9.17, 15) is 28.8 Å². The monoisotopic (exact) mass is 504 g/mol. The normalized spacial score (nSPS) is 18.7. The molecule has 0 saturated carbocycles. The molecule has 0 aromatic heterocycles. The third-order valence-electron chi connectivity index (χ3n) is 6.76. The number of rotatable bonds is 15. The smallest absolute Gasteiger partial charge is 0.310 e. The number of nitrogens with zero attached hydrogens (tertiary/aromatic N) is 6. The van der Waals surface area contributed by atoms with Gasteiger partial charge in [0.2, 0.25) is 12.2 Å². The van der Waals surface area contributed by atoms with Gasteiger partial charge in [-0.2, -0.15) is 0 Å². The van der Waals surface area contributed by atoms with Gasteiger partial charge in [-0.3, -0.25) is 19.4 Å². The third kappa shape index (κ3) is 6.25. The second-order valence-corrected chi connectivity index (χ2v) is 9.97. The Morgan fingerprint density at radius 1 is 0.583 bits per heavy atom. The molecule has 0 aromatic rings. The molecule has 2 saturated heterocycles. The van der Waals surface area contributed by atoms with E-state index in [1.54, 1.807) is 27.7 Å². The average Bonchev–Trinajstić information content (AvgIpc) is 3.09. The lowest BCUT2D eigenvalue weighted by Crippen LogP contribution is -2.44. The van der Waals surface area contributed by atoms with Gasteiger partial charge in [0.25, 0.3) is 11.8 Å². The molecular weight excluding hydrogens is 468 g/mol. The standard InChI is InChI=1S/C24H36N6O6/c1-23(2)19(33)27(21(35)29(23)15-9-11-25-17-31)13-7-5-6-8-14-28-20(34)24(3,4)30(22(28)36)16-10-12-26-18-32/h5-16H2,1-4H3. The van der Waals surface area contributed by atoms with Gasteiger partial charge in [0.15, 0.2) is 0 Å². The maximum atomic E-state index is 12.8. The summed E-state index contributed by atoms with van der Waals surface area (Å²) in [7, 11) is 0. The molecule has 0 atom stereocenters. The molecule has 2 fully saturated rings. The molecule has 12 heteroatoms. The fraction of sp³-hybridized carbons (Fsp3) is 0.750. The first-order chi connectivity index (χ1) is 17.0. The highest BCUT2D eigenvalue weighted by molar-refractivity contribution is 6.07. The summed E-state index contributed by atoms with van der Waals surface area (Å²) in [5.74, 6) is -0.499. The van der Waals surface area contributed by atoms with Gasteiger partial charge < -0.3 is 9.80 Å². The van der Waals surface area contributed by atoms with Crippen molar-refractivity contribution in [2.45, 2.75) is 77.3 Å². The van der Waals surface area contributed by atoms with E-state index in [2.05, 4.69) is 9.98 Å². The van der Waals surface area contributed by atoms with Crippen molar-refractivity contribution in [1.82, 2.24) is 19.6 Å². The lowest BCUT2D eigenvalue weighted by molar-refractivity contribution is -0.132. The lowest BCUT2D eigenvalue weighted by atomic mass is 10.0. The van der Waals surface area contributed by atoms with E-state index in [0.717, 1.165) is 12.8 Å². The zero-order valence-electron chi connectivity index (χ0n) is 21.6. The number of carbonyl (C=O) groups is 4. The molecular formula is C24H36N6O6. The molecule has 12 nitrogen and oxygen atoms in total. The molecule has 2 heterocycles. The van der Waals surface area contributed by atoms with E-state index < -0.39 is 11.1 Å². The zero-order chi connectivity index (χ0) is 26.9. The highest BCUT2D eigenvalue weighted by Crippen LogP contribution is 2.29. The average molecular weight is 505 g/mol. The minimum absolute atomic E-state index is 0.249. The van der Waals surface area contributed by atoms with Gasteiger partial charge in [-0.25, -0.2) is 29.2 Å². The molecule has 2 rings (SSSR count). The first-order valence-corrected chi connectivity index (χ1v) is 12.4. The van der Waals surface area contributed by atoms with Crippen molar-refractivity contribution in [2.24, 2.45) is 9.98 Å². The number of aliphatic imine (C=N–C) groups is 2. The zero-order valence-corrected chi connectivity index (χ0v) is 21.6. The number of carbonyl (C=O) groups excluding carboxylic acids is 6. The van der Waals surface area contributed by atoms with Crippen LogP contribution in [0.25, 0.3) is 0 Å². The van der Waals surface area contributed by atoms with Crippen LogP contribution in [0.5, 0.6) is 0 Å². The van der Waals surface area contributed by atoms with Crippen molar-refractivity contribution in [3.63, 3.8) is 0 Å². The summed E-state index contributed by atoms with van der Waals surface area (Å²) in [6.45, 7) is 8.60. The summed E-state index contributed by atoms with van der Waals surface area (Å²) in [5, 5.41) is 0. The Balaban J connectivity index is 1.78. The van der Waals surface area contributed by atoms with Crippen LogP contribution in [0.3, 0.4) is 0 Å². The summed E-state index contributed by atoms with van der Waals surface area (Å²) >= 11 is 0. The van der Waals surface area contributed by atoms with Crippen molar-refractivity contribution in [3.05, 3.63) is 0 Å². The van der Waals surface area contributed by atoms with Crippen LogP contribution in [-0.2, 0) is 19.2 Å². The van der Waals surface area contributed by atoms with Crippen molar-refractivity contribution < 1.29 is 28.8 Å². The minimum Gasteiger partial charge on any atom is -0.310 e. The molecule has 0 radical (unpaired) electrons. The topological polar surface area (TPSA) is 140 Å². The summed E-state index contributed by atoms with van der Waals surface area (Å²) in [6, 6.07) is -0.677. The first kappa shape index (κ1) is 28.9. The Morgan fingerprint density at radius 3 is 1.28 bits per heavy atom. The number of isocyanates is 2. The number of imide groups is 2. The molecule has 6 amide bonds. The van der Waals surface area contributed by atoms with Gasteiger partial charge in [0.1, 0.15) is 11.1 Å². The quantitative estimate of drug-likeness (QED) is 0.145. The molecule has 0 spiro atoms. The van der Waals surface area contributed by atoms with Gasteiger partial charge in [0.05, 0.1) is 13.1 Å². The van der Waals surface area contributed by atoms with Crippen LogP contribution < -0.4 is 0 Å². The third-order valence-corrected chi connectivity index (χ3v) is 6.76. The van der Waals surface area contributed by atoms with Crippen LogP contribution in [0.2, 0.25) is 0 Å². The van der Waals surface area contributed by atoms with Crippen LogP contribution in [-0.4, -0.2) is 106 Å². The number of amides is 6. The predicted molar refractivity (Wildman–Crippen MR) is 129 cm³/mol. The van der Waals surface area contributed by atoms with E-state index in [1.807, 2.05) is 0 Å². The van der Waals surface area contributed by atoms with Crippen LogP contribution in [0.1, 0.15) is 66.2 Å². The second kappa shape index (κ2) is 12.6.